The Morgan fingerprint density at radius 2 is 1.62 bits per heavy atom. The smallest absolute Gasteiger partial charge is 0.351 e. The summed E-state index contributed by atoms with van der Waals surface area (Å²) in [5.41, 5.74) is 1.57. The molecular formula is C20H26N2O3S. The standard InChI is InChI=1S/C20H26N2O3S/c1-12(2)22(13(3)4)19(23)15(6)25-20(24)17-14(5)21-18(26-17)16-10-8-7-9-11-16/h7-13,15H,1-6H3/t15-/m1/s1. The fourth-order valence-electron chi connectivity index (χ4n) is 2.87. The lowest BCUT2D eigenvalue weighted by molar-refractivity contribution is -0.143. The lowest BCUT2D eigenvalue weighted by Crippen LogP contribution is -2.47. The van der Waals surface area contributed by atoms with E-state index in [-0.39, 0.29) is 18.0 Å². The highest BCUT2D eigenvalue weighted by Crippen LogP contribution is 2.28. The van der Waals surface area contributed by atoms with E-state index in [0.29, 0.717) is 10.6 Å². The number of nitrogens with zero attached hydrogens (tertiary/aromatic N) is 2. The molecular weight excluding hydrogens is 348 g/mol. The molecule has 1 amide bonds. The van der Waals surface area contributed by atoms with E-state index < -0.39 is 12.1 Å². The molecule has 0 fully saturated rings. The van der Waals surface area contributed by atoms with Gasteiger partial charge in [-0.05, 0) is 41.5 Å². The fourth-order valence-corrected chi connectivity index (χ4v) is 3.82. The van der Waals surface area contributed by atoms with Gasteiger partial charge in [0.1, 0.15) is 9.88 Å². The number of carbonyl (C=O) groups is 2. The summed E-state index contributed by atoms with van der Waals surface area (Å²) >= 11 is 1.28. The first kappa shape index (κ1) is 20.1. The molecule has 1 aromatic heterocycles. The van der Waals surface area contributed by atoms with Crippen molar-refractivity contribution in [3.05, 3.63) is 40.9 Å². The highest BCUT2D eigenvalue weighted by atomic mass is 32.1. The summed E-state index contributed by atoms with van der Waals surface area (Å²) in [7, 11) is 0. The monoisotopic (exact) mass is 374 g/mol. The number of rotatable bonds is 6. The van der Waals surface area contributed by atoms with Crippen LogP contribution >= 0.6 is 11.3 Å². The fraction of sp³-hybridized carbons (Fsp3) is 0.450. The highest BCUT2D eigenvalue weighted by Gasteiger charge is 2.29. The van der Waals surface area contributed by atoms with Gasteiger partial charge in [-0.3, -0.25) is 4.79 Å². The Bertz CT molecular complexity index is 761. The zero-order valence-corrected chi connectivity index (χ0v) is 17.0. The number of aromatic nitrogens is 1. The van der Waals surface area contributed by atoms with Crippen molar-refractivity contribution < 1.29 is 14.3 Å². The molecule has 0 N–H and O–H groups in total. The summed E-state index contributed by atoms with van der Waals surface area (Å²) in [6, 6.07) is 9.76. The van der Waals surface area contributed by atoms with Gasteiger partial charge in [0.15, 0.2) is 6.10 Å². The molecule has 6 heteroatoms. The van der Waals surface area contributed by atoms with Crippen LogP contribution in [0.4, 0.5) is 0 Å². The van der Waals surface area contributed by atoms with E-state index in [2.05, 4.69) is 4.98 Å². The average Bonchev–Trinajstić information content (AvgIpc) is 2.96. The molecule has 0 saturated heterocycles. The van der Waals surface area contributed by atoms with E-state index in [1.807, 2.05) is 58.0 Å². The molecule has 1 atom stereocenters. The minimum Gasteiger partial charge on any atom is -0.448 e. The van der Waals surface area contributed by atoms with Gasteiger partial charge in [-0.1, -0.05) is 30.3 Å². The first-order valence-electron chi connectivity index (χ1n) is 8.78. The van der Waals surface area contributed by atoms with Crippen molar-refractivity contribution in [1.29, 1.82) is 0 Å². The second kappa shape index (κ2) is 8.45. The summed E-state index contributed by atoms with van der Waals surface area (Å²) in [4.78, 5) is 31.8. The molecule has 0 aliphatic rings. The topological polar surface area (TPSA) is 59.5 Å². The van der Waals surface area contributed by atoms with Crippen LogP contribution in [-0.2, 0) is 9.53 Å². The van der Waals surface area contributed by atoms with E-state index in [1.54, 1.807) is 18.7 Å². The summed E-state index contributed by atoms with van der Waals surface area (Å²) < 4.78 is 5.45. The first-order chi connectivity index (χ1) is 12.2. The molecule has 2 rings (SSSR count). The van der Waals surface area contributed by atoms with E-state index in [9.17, 15) is 9.59 Å². The predicted octanol–water partition coefficient (Wildman–Crippen LogP) is 4.31. The van der Waals surface area contributed by atoms with E-state index in [4.69, 9.17) is 4.74 Å². The maximum absolute atomic E-state index is 12.6. The number of benzene rings is 1. The van der Waals surface area contributed by atoms with Gasteiger partial charge >= 0.3 is 5.97 Å². The minimum absolute atomic E-state index is 0.0403. The van der Waals surface area contributed by atoms with Gasteiger partial charge in [0, 0.05) is 17.6 Å². The van der Waals surface area contributed by atoms with Crippen molar-refractivity contribution in [3.63, 3.8) is 0 Å². The molecule has 0 spiro atoms. The SMILES string of the molecule is Cc1nc(-c2ccccc2)sc1C(=O)O[C@H](C)C(=O)N(C(C)C)C(C)C. The number of hydrogen-bond acceptors (Lipinski definition) is 5. The van der Waals surface area contributed by atoms with Crippen LogP contribution in [0.1, 0.15) is 50.0 Å². The second-order valence-electron chi connectivity index (χ2n) is 6.78. The van der Waals surface area contributed by atoms with Gasteiger partial charge in [0.05, 0.1) is 5.69 Å². The quantitative estimate of drug-likeness (QED) is 0.707. The molecule has 2 aromatic rings. The Labute approximate surface area is 159 Å². The zero-order valence-electron chi connectivity index (χ0n) is 16.1. The van der Waals surface area contributed by atoms with Crippen LogP contribution < -0.4 is 0 Å². The van der Waals surface area contributed by atoms with E-state index >= 15 is 0 Å². The lowest BCUT2D eigenvalue weighted by atomic mass is 10.2. The molecule has 0 bridgehead atoms. The maximum atomic E-state index is 12.6. The molecule has 0 saturated carbocycles. The molecule has 0 aliphatic heterocycles. The Morgan fingerprint density at radius 3 is 2.15 bits per heavy atom. The van der Waals surface area contributed by atoms with Gasteiger partial charge in [-0.2, -0.15) is 0 Å². The molecule has 0 radical (unpaired) electrons. The predicted molar refractivity (Wildman–Crippen MR) is 104 cm³/mol. The first-order valence-corrected chi connectivity index (χ1v) is 9.60. The van der Waals surface area contributed by atoms with Crippen LogP contribution in [0.25, 0.3) is 10.6 Å². The van der Waals surface area contributed by atoms with Gasteiger partial charge in [-0.25, -0.2) is 9.78 Å². The third-order valence-corrected chi connectivity index (χ3v) is 5.19. The maximum Gasteiger partial charge on any atom is 0.351 e. The second-order valence-corrected chi connectivity index (χ2v) is 7.78. The number of thiazole rings is 1. The van der Waals surface area contributed by atoms with E-state index in [0.717, 1.165) is 10.6 Å². The average molecular weight is 375 g/mol. The van der Waals surface area contributed by atoms with Crippen LogP contribution in [0, 0.1) is 6.92 Å². The summed E-state index contributed by atoms with van der Waals surface area (Å²) in [6.07, 6.45) is -0.839. The van der Waals surface area contributed by atoms with Crippen LogP contribution in [0.15, 0.2) is 30.3 Å². The number of aryl methyl sites for hydroxylation is 1. The van der Waals surface area contributed by atoms with Crippen molar-refractivity contribution in [3.8, 4) is 10.6 Å². The Kier molecular flexibility index (Phi) is 6.53. The Balaban J connectivity index is 2.15. The van der Waals surface area contributed by atoms with Crippen LogP contribution in [-0.4, -0.2) is 39.9 Å². The number of carbonyl (C=O) groups excluding carboxylic acids is 2. The van der Waals surface area contributed by atoms with E-state index in [1.165, 1.54) is 11.3 Å². The van der Waals surface area contributed by atoms with Crippen molar-refractivity contribution >= 4 is 23.2 Å². The van der Waals surface area contributed by atoms with Crippen molar-refractivity contribution in [2.75, 3.05) is 0 Å². The number of hydrogen-bond donors (Lipinski definition) is 0. The molecule has 0 aliphatic carbocycles. The lowest BCUT2D eigenvalue weighted by Gasteiger charge is -2.32. The molecule has 1 heterocycles. The Hall–Kier alpha value is -2.21. The third-order valence-electron chi connectivity index (χ3n) is 4.00. The van der Waals surface area contributed by atoms with Crippen LogP contribution in [0.5, 0.6) is 0 Å². The van der Waals surface area contributed by atoms with Gasteiger partial charge in [0.2, 0.25) is 0 Å². The highest BCUT2D eigenvalue weighted by molar-refractivity contribution is 7.17. The number of esters is 1. The normalized spacial score (nSPS) is 12.3. The summed E-state index contributed by atoms with van der Waals surface area (Å²) in [5, 5.41) is 0.764. The largest absolute Gasteiger partial charge is 0.448 e. The molecule has 140 valence electrons. The van der Waals surface area contributed by atoms with Gasteiger partial charge < -0.3 is 9.64 Å². The molecule has 26 heavy (non-hydrogen) atoms. The minimum atomic E-state index is -0.839. The summed E-state index contributed by atoms with van der Waals surface area (Å²) in [5.74, 6) is -0.690. The Morgan fingerprint density at radius 1 is 1.04 bits per heavy atom. The number of amides is 1. The molecule has 5 nitrogen and oxygen atoms in total. The van der Waals surface area contributed by atoms with Crippen molar-refractivity contribution in [1.82, 2.24) is 9.88 Å². The van der Waals surface area contributed by atoms with Crippen LogP contribution in [0.3, 0.4) is 0 Å². The van der Waals surface area contributed by atoms with Gasteiger partial charge in [-0.15, -0.1) is 11.3 Å². The zero-order chi connectivity index (χ0) is 19.4. The van der Waals surface area contributed by atoms with Gasteiger partial charge in [0.25, 0.3) is 5.91 Å². The number of ether oxygens (including phenoxy) is 1. The van der Waals surface area contributed by atoms with Crippen molar-refractivity contribution in [2.24, 2.45) is 0 Å². The molecule has 0 unspecified atom stereocenters. The summed E-state index contributed by atoms with van der Waals surface area (Å²) in [6.45, 7) is 11.2. The third kappa shape index (κ3) is 4.49. The van der Waals surface area contributed by atoms with Crippen LogP contribution in [0.2, 0.25) is 0 Å². The van der Waals surface area contributed by atoms with Crippen molar-refractivity contribution in [2.45, 2.75) is 59.7 Å². The molecule has 1 aromatic carbocycles.